The highest BCUT2D eigenvalue weighted by Crippen LogP contribution is 2.46. The molecule has 1 aromatic carbocycles. The summed E-state index contributed by atoms with van der Waals surface area (Å²) in [6, 6.07) is 8.32. The summed E-state index contributed by atoms with van der Waals surface area (Å²) in [6.07, 6.45) is 8.65. The molecule has 2 heteroatoms. The minimum absolute atomic E-state index is 0.606. The van der Waals surface area contributed by atoms with Crippen molar-refractivity contribution in [3.63, 3.8) is 0 Å². The molecule has 0 saturated heterocycles. The van der Waals surface area contributed by atoms with Gasteiger partial charge in [-0.2, -0.15) is 0 Å². The van der Waals surface area contributed by atoms with Crippen LogP contribution in [0.4, 0.5) is 0 Å². The van der Waals surface area contributed by atoms with Gasteiger partial charge >= 0.3 is 5.97 Å². The average Bonchev–Trinajstić information content (AvgIpc) is 2.38. The second kappa shape index (κ2) is 4.99. The van der Waals surface area contributed by atoms with Gasteiger partial charge in [0.15, 0.2) is 0 Å². The molecule has 19 heavy (non-hydrogen) atoms. The molecule has 0 atom stereocenters. The van der Waals surface area contributed by atoms with Crippen LogP contribution in [-0.2, 0) is 10.2 Å². The van der Waals surface area contributed by atoms with Gasteiger partial charge in [0, 0.05) is 0 Å². The second-order valence-electron chi connectivity index (χ2n) is 6.16. The zero-order valence-corrected chi connectivity index (χ0v) is 11.4. The first kappa shape index (κ1) is 12.7. The SMILES string of the molecule is O=C(O)C1(c2ccccc2C2CCC2)CCCCC1. The Balaban J connectivity index is 2.04. The highest BCUT2D eigenvalue weighted by atomic mass is 16.4. The Hall–Kier alpha value is -1.31. The summed E-state index contributed by atoms with van der Waals surface area (Å²) in [5, 5.41) is 9.84. The Morgan fingerprint density at radius 3 is 2.32 bits per heavy atom. The van der Waals surface area contributed by atoms with E-state index in [2.05, 4.69) is 18.2 Å². The third-order valence-corrected chi connectivity index (χ3v) is 5.14. The fourth-order valence-electron chi connectivity index (χ4n) is 3.76. The van der Waals surface area contributed by atoms with E-state index in [9.17, 15) is 9.90 Å². The van der Waals surface area contributed by atoms with Gasteiger partial charge in [-0.15, -0.1) is 0 Å². The maximum atomic E-state index is 12.0. The van der Waals surface area contributed by atoms with Crippen LogP contribution < -0.4 is 0 Å². The summed E-state index contributed by atoms with van der Waals surface area (Å²) in [5.74, 6) is -0.00618. The largest absolute Gasteiger partial charge is 0.481 e. The summed E-state index contributed by atoms with van der Waals surface area (Å²) in [4.78, 5) is 12.0. The van der Waals surface area contributed by atoms with E-state index in [1.807, 2.05) is 6.07 Å². The van der Waals surface area contributed by atoms with Crippen molar-refractivity contribution in [2.75, 3.05) is 0 Å². The van der Waals surface area contributed by atoms with Gasteiger partial charge in [0.05, 0.1) is 5.41 Å². The Bertz CT molecular complexity index is 468. The number of carbonyl (C=O) groups is 1. The summed E-state index contributed by atoms with van der Waals surface area (Å²) < 4.78 is 0. The monoisotopic (exact) mass is 258 g/mol. The van der Waals surface area contributed by atoms with Gasteiger partial charge in [-0.25, -0.2) is 0 Å². The minimum Gasteiger partial charge on any atom is -0.481 e. The van der Waals surface area contributed by atoms with Gasteiger partial charge in [0.2, 0.25) is 0 Å². The van der Waals surface area contributed by atoms with E-state index in [1.54, 1.807) is 0 Å². The number of rotatable bonds is 3. The number of carboxylic acids is 1. The Labute approximate surface area is 114 Å². The van der Waals surface area contributed by atoms with Gasteiger partial charge in [-0.1, -0.05) is 49.9 Å². The highest BCUT2D eigenvalue weighted by Gasteiger charge is 2.43. The molecule has 2 fully saturated rings. The van der Waals surface area contributed by atoms with Crippen molar-refractivity contribution in [3.05, 3.63) is 35.4 Å². The maximum Gasteiger partial charge on any atom is 0.314 e. The lowest BCUT2D eigenvalue weighted by molar-refractivity contribution is -0.145. The molecule has 0 bridgehead atoms. The van der Waals surface area contributed by atoms with E-state index in [-0.39, 0.29) is 0 Å². The maximum absolute atomic E-state index is 12.0. The van der Waals surface area contributed by atoms with E-state index in [0.29, 0.717) is 5.92 Å². The quantitative estimate of drug-likeness (QED) is 0.880. The first-order chi connectivity index (χ1) is 9.24. The smallest absolute Gasteiger partial charge is 0.314 e. The highest BCUT2D eigenvalue weighted by molar-refractivity contribution is 5.82. The number of carboxylic acid groups (broad SMARTS) is 1. The van der Waals surface area contributed by atoms with E-state index < -0.39 is 11.4 Å². The van der Waals surface area contributed by atoms with Gasteiger partial charge in [0.1, 0.15) is 0 Å². The Morgan fingerprint density at radius 2 is 1.74 bits per heavy atom. The Kier molecular flexibility index (Phi) is 3.34. The van der Waals surface area contributed by atoms with E-state index in [1.165, 1.54) is 31.2 Å². The van der Waals surface area contributed by atoms with Crippen molar-refractivity contribution < 1.29 is 9.90 Å². The van der Waals surface area contributed by atoms with Crippen molar-refractivity contribution in [2.24, 2.45) is 0 Å². The normalized spacial score (nSPS) is 22.7. The molecule has 0 aromatic heterocycles. The van der Waals surface area contributed by atoms with Crippen molar-refractivity contribution in [2.45, 2.75) is 62.7 Å². The standard InChI is InChI=1S/C17H22O2/c18-16(19)17(11-4-1-5-12-17)15-10-3-2-9-14(15)13-7-6-8-13/h2-3,9-10,13H,1,4-8,11-12H2,(H,18,19). The first-order valence-corrected chi connectivity index (χ1v) is 7.57. The van der Waals surface area contributed by atoms with Crippen LogP contribution in [0.3, 0.4) is 0 Å². The number of benzene rings is 1. The minimum atomic E-state index is -0.612. The Morgan fingerprint density at radius 1 is 1.05 bits per heavy atom. The number of aliphatic carboxylic acids is 1. The molecule has 0 radical (unpaired) electrons. The molecule has 0 spiro atoms. The van der Waals surface area contributed by atoms with Crippen LogP contribution in [-0.4, -0.2) is 11.1 Å². The molecule has 2 saturated carbocycles. The predicted octanol–water partition coefficient (Wildman–Crippen LogP) is 4.24. The summed E-state index contributed by atoms with van der Waals surface area (Å²) in [7, 11) is 0. The third kappa shape index (κ3) is 2.07. The van der Waals surface area contributed by atoms with Crippen LogP contribution in [0.2, 0.25) is 0 Å². The molecule has 3 rings (SSSR count). The molecule has 0 amide bonds. The molecular weight excluding hydrogens is 236 g/mol. The fourth-order valence-corrected chi connectivity index (χ4v) is 3.76. The van der Waals surface area contributed by atoms with Crippen molar-refractivity contribution in [1.82, 2.24) is 0 Å². The molecule has 1 N–H and O–H groups in total. The lowest BCUT2D eigenvalue weighted by Gasteiger charge is -2.38. The predicted molar refractivity (Wildman–Crippen MR) is 75.4 cm³/mol. The summed E-state index contributed by atoms with van der Waals surface area (Å²) in [5.41, 5.74) is 1.83. The molecule has 2 aliphatic rings. The third-order valence-electron chi connectivity index (χ3n) is 5.14. The van der Waals surface area contributed by atoms with E-state index >= 15 is 0 Å². The topological polar surface area (TPSA) is 37.3 Å². The second-order valence-corrected chi connectivity index (χ2v) is 6.16. The van der Waals surface area contributed by atoms with Crippen molar-refractivity contribution in [1.29, 1.82) is 0 Å². The molecule has 102 valence electrons. The number of hydrogen-bond donors (Lipinski definition) is 1. The zero-order chi connectivity index (χ0) is 13.3. The average molecular weight is 258 g/mol. The van der Waals surface area contributed by atoms with Crippen LogP contribution in [0.25, 0.3) is 0 Å². The van der Waals surface area contributed by atoms with Crippen molar-refractivity contribution in [3.8, 4) is 0 Å². The number of hydrogen-bond acceptors (Lipinski definition) is 1. The molecule has 0 heterocycles. The van der Waals surface area contributed by atoms with Crippen LogP contribution in [0.1, 0.15) is 68.4 Å². The lowest BCUT2D eigenvalue weighted by Crippen LogP contribution is -2.39. The van der Waals surface area contributed by atoms with Crippen LogP contribution in [0.5, 0.6) is 0 Å². The van der Waals surface area contributed by atoms with E-state index in [0.717, 1.165) is 31.2 Å². The van der Waals surface area contributed by atoms with Crippen LogP contribution in [0, 0.1) is 0 Å². The molecular formula is C17H22O2. The first-order valence-electron chi connectivity index (χ1n) is 7.57. The molecule has 1 aromatic rings. The molecule has 2 aliphatic carbocycles. The summed E-state index contributed by atoms with van der Waals surface area (Å²) in [6.45, 7) is 0. The molecule has 0 unspecified atom stereocenters. The van der Waals surface area contributed by atoms with Gasteiger partial charge in [-0.05, 0) is 42.7 Å². The van der Waals surface area contributed by atoms with E-state index in [4.69, 9.17) is 0 Å². The molecule has 0 aliphatic heterocycles. The lowest BCUT2D eigenvalue weighted by atomic mass is 9.65. The van der Waals surface area contributed by atoms with Gasteiger partial charge < -0.3 is 5.11 Å². The molecule has 2 nitrogen and oxygen atoms in total. The van der Waals surface area contributed by atoms with Gasteiger partial charge in [-0.3, -0.25) is 4.79 Å². The fraction of sp³-hybridized carbons (Fsp3) is 0.588. The van der Waals surface area contributed by atoms with Crippen LogP contribution >= 0.6 is 0 Å². The van der Waals surface area contributed by atoms with Gasteiger partial charge in [0.25, 0.3) is 0 Å². The summed E-state index contributed by atoms with van der Waals surface area (Å²) >= 11 is 0. The van der Waals surface area contributed by atoms with Crippen molar-refractivity contribution >= 4 is 5.97 Å². The zero-order valence-electron chi connectivity index (χ0n) is 11.4. The van der Waals surface area contributed by atoms with Crippen LogP contribution in [0.15, 0.2) is 24.3 Å².